The van der Waals surface area contributed by atoms with Crippen LogP contribution < -0.4 is 0 Å². The van der Waals surface area contributed by atoms with E-state index in [-0.39, 0.29) is 5.82 Å². The number of hydrogen-bond acceptors (Lipinski definition) is 5. The summed E-state index contributed by atoms with van der Waals surface area (Å²) in [6.45, 7) is 8.73. The van der Waals surface area contributed by atoms with Crippen molar-refractivity contribution in [1.29, 1.82) is 0 Å². The van der Waals surface area contributed by atoms with E-state index >= 15 is 0 Å². The lowest BCUT2D eigenvalue weighted by atomic mass is 10.3. The predicted octanol–water partition coefficient (Wildman–Crippen LogP) is 2.49. The third kappa shape index (κ3) is 2.84. The van der Waals surface area contributed by atoms with Gasteiger partial charge in [0.1, 0.15) is 5.82 Å². The zero-order valence-corrected chi connectivity index (χ0v) is 12.4. The number of carbonyl (C=O) groups excluding carboxylic acids is 1. The smallest absolute Gasteiger partial charge is 0.376 e. The number of carbonyl (C=O) groups is 1. The van der Waals surface area contributed by atoms with Crippen LogP contribution in [0.5, 0.6) is 0 Å². The number of aromatic nitrogens is 3. The highest BCUT2D eigenvalue weighted by atomic mass is 32.1. The molecule has 0 aromatic carbocycles. The Morgan fingerprint density at radius 2 is 2.11 bits per heavy atom. The van der Waals surface area contributed by atoms with Crippen LogP contribution in [0.1, 0.15) is 38.7 Å². The van der Waals surface area contributed by atoms with E-state index in [4.69, 9.17) is 4.74 Å². The van der Waals surface area contributed by atoms with Gasteiger partial charge >= 0.3 is 5.97 Å². The minimum Gasteiger partial charge on any atom is -0.460 e. The quantitative estimate of drug-likeness (QED) is 0.807. The van der Waals surface area contributed by atoms with E-state index in [9.17, 15) is 4.79 Å². The Hall–Kier alpha value is -1.69. The average Bonchev–Trinajstić information content (AvgIpc) is 2.85. The Labute approximate surface area is 116 Å². The number of thiophene rings is 1. The second kappa shape index (κ2) is 5.52. The van der Waals surface area contributed by atoms with Crippen LogP contribution in [0.2, 0.25) is 0 Å². The lowest BCUT2D eigenvalue weighted by Crippen LogP contribution is -2.14. The molecule has 2 aromatic rings. The maximum atomic E-state index is 11.8. The predicted molar refractivity (Wildman–Crippen MR) is 73.6 cm³/mol. The Morgan fingerprint density at radius 1 is 1.37 bits per heavy atom. The van der Waals surface area contributed by atoms with Gasteiger partial charge in [0, 0.05) is 9.75 Å². The van der Waals surface area contributed by atoms with Crippen LogP contribution in [-0.4, -0.2) is 27.3 Å². The summed E-state index contributed by atoms with van der Waals surface area (Å²) in [5.74, 6) is 0.558. The maximum absolute atomic E-state index is 11.8. The summed E-state index contributed by atoms with van der Waals surface area (Å²) in [5, 5.41) is 7.86. The molecule has 19 heavy (non-hydrogen) atoms. The molecule has 0 saturated heterocycles. The Morgan fingerprint density at radius 3 is 2.68 bits per heavy atom. The van der Waals surface area contributed by atoms with Gasteiger partial charge in [0.05, 0.1) is 13.2 Å². The summed E-state index contributed by atoms with van der Waals surface area (Å²) < 4.78 is 6.78. The molecule has 0 amide bonds. The fraction of sp³-hybridized carbons (Fsp3) is 0.462. The van der Waals surface area contributed by atoms with Gasteiger partial charge in [0.2, 0.25) is 5.82 Å². The van der Waals surface area contributed by atoms with E-state index in [0.29, 0.717) is 19.0 Å². The molecule has 0 spiro atoms. The molecule has 2 heterocycles. The van der Waals surface area contributed by atoms with Gasteiger partial charge in [0.25, 0.3) is 0 Å². The van der Waals surface area contributed by atoms with Crippen molar-refractivity contribution in [2.45, 2.75) is 34.2 Å². The topological polar surface area (TPSA) is 57.0 Å². The minimum absolute atomic E-state index is 0.267. The van der Waals surface area contributed by atoms with Crippen molar-refractivity contribution >= 4 is 17.3 Å². The summed E-state index contributed by atoms with van der Waals surface area (Å²) in [7, 11) is 0. The van der Waals surface area contributed by atoms with Crippen molar-refractivity contribution in [3.05, 3.63) is 33.0 Å². The summed E-state index contributed by atoms with van der Waals surface area (Å²) in [6.07, 6.45) is 0. The first-order valence-corrected chi connectivity index (χ1v) is 6.97. The number of hydrogen-bond donors (Lipinski definition) is 0. The molecular weight excluding hydrogens is 262 g/mol. The molecule has 0 fully saturated rings. The van der Waals surface area contributed by atoms with Gasteiger partial charge in [-0.05, 0) is 39.3 Å². The fourth-order valence-corrected chi connectivity index (χ4v) is 2.84. The number of ether oxygens (including phenoxy) is 1. The van der Waals surface area contributed by atoms with Gasteiger partial charge in [-0.1, -0.05) is 0 Å². The Kier molecular flexibility index (Phi) is 3.99. The molecule has 0 unspecified atom stereocenters. The van der Waals surface area contributed by atoms with Crippen LogP contribution in [0.25, 0.3) is 0 Å². The van der Waals surface area contributed by atoms with Crippen LogP contribution in [-0.2, 0) is 11.3 Å². The number of rotatable bonds is 4. The number of nitrogens with zero attached hydrogens (tertiary/aromatic N) is 3. The highest BCUT2D eigenvalue weighted by Crippen LogP contribution is 2.22. The molecule has 0 bridgehead atoms. The maximum Gasteiger partial charge on any atom is 0.376 e. The first kappa shape index (κ1) is 13.7. The normalized spacial score (nSPS) is 10.7. The third-order valence-corrected chi connectivity index (χ3v) is 4.06. The lowest BCUT2D eigenvalue weighted by molar-refractivity contribution is 0.0506. The molecular formula is C13H17N3O2S. The molecule has 0 N–H and O–H groups in total. The largest absolute Gasteiger partial charge is 0.460 e. The SMILES string of the molecule is CCOC(=O)c1nnc(C)n1Cc1cc(C)c(C)s1. The molecule has 0 radical (unpaired) electrons. The minimum atomic E-state index is -0.423. The van der Waals surface area contributed by atoms with E-state index in [1.807, 2.05) is 6.92 Å². The molecule has 102 valence electrons. The van der Waals surface area contributed by atoms with Crippen LogP contribution in [0.4, 0.5) is 0 Å². The molecule has 0 aliphatic carbocycles. The monoisotopic (exact) mass is 279 g/mol. The van der Waals surface area contributed by atoms with Gasteiger partial charge in [-0.15, -0.1) is 21.5 Å². The first-order chi connectivity index (χ1) is 9.02. The van der Waals surface area contributed by atoms with Crippen molar-refractivity contribution in [3.63, 3.8) is 0 Å². The van der Waals surface area contributed by atoms with Crippen molar-refractivity contribution in [3.8, 4) is 0 Å². The highest BCUT2D eigenvalue weighted by Gasteiger charge is 2.18. The standard InChI is InChI=1S/C13H17N3O2S/c1-5-18-13(17)12-15-14-10(4)16(12)7-11-6-8(2)9(3)19-11/h6H,5,7H2,1-4H3. The molecule has 0 aliphatic heterocycles. The van der Waals surface area contributed by atoms with Crippen molar-refractivity contribution in [2.24, 2.45) is 0 Å². The molecule has 5 nitrogen and oxygen atoms in total. The third-order valence-electron chi connectivity index (χ3n) is 2.92. The summed E-state index contributed by atoms with van der Waals surface area (Å²) in [6, 6.07) is 2.13. The second-order valence-electron chi connectivity index (χ2n) is 4.33. The average molecular weight is 279 g/mol. The first-order valence-electron chi connectivity index (χ1n) is 6.15. The molecule has 0 saturated carbocycles. The van der Waals surface area contributed by atoms with Crippen LogP contribution >= 0.6 is 11.3 Å². The van der Waals surface area contributed by atoms with Gasteiger partial charge in [-0.3, -0.25) is 0 Å². The van der Waals surface area contributed by atoms with E-state index in [2.05, 4.69) is 30.1 Å². The molecule has 2 aromatic heterocycles. The van der Waals surface area contributed by atoms with E-state index in [0.717, 1.165) is 0 Å². The van der Waals surface area contributed by atoms with E-state index < -0.39 is 5.97 Å². The van der Waals surface area contributed by atoms with Gasteiger partial charge in [-0.25, -0.2) is 4.79 Å². The number of aryl methyl sites for hydroxylation is 3. The fourth-order valence-electron chi connectivity index (χ4n) is 1.80. The summed E-state index contributed by atoms with van der Waals surface area (Å²) in [5.41, 5.74) is 1.27. The zero-order valence-electron chi connectivity index (χ0n) is 11.6. The number of esters is 1. The Balaban J connectivity index is 2.29. The van der Waals surface area contributed by atoms with E-state index in [1.165, 1.54) is 15.3 Å². The van der Waals surface area contributed by atoms with Gasteiger partial charge in [-0.2, -0.15) is 0 Å². The van der Waals surface area contributed by atoms with Crippen molar-refractivity contribution in [1.82, 2.24) is 14.8 Å². The Bertz CT molecular complexity index is 582. The molecule has 0 aliphatic rings. The van der Waals surface area contributed by atoms with Crippen LogP contribution in [0.3, 0.4) is 0 Å². The lowest BCUT2D eigenvalue weighted by Gasteiger charge is -2.06. The summed E-state index contributed by atoms with van der Waals surface area (Å²) >= 11 is 1.73. The van der Waals surface area contributed by atoms with Crippen LogP contribution in [0, 0.1) is 20.8 Å². The van der Waals surface area contributed by atoms with Gasteiger partial charge < -0.3 is 9.30 Å². The highest BCUT2D eigenvalue weighted by molar-refractivity contribution is 7.12. The summed E-state index contributed by atoms with van der Waals surface area (Å²) in [4.78, 5) is 14.3. The van der Waals surface area contributed by atoms with Crippen LogP contribution in [0.15, 0.2) is 6.07 Å². The van der Waals surface area contributed by atoms with E-state index in [1.54, 1.807) is 22.8 Å². The molecule has 0 atom stereocenters. The van der Waals surface area contributed by atoms with Crippen molar-refractivity contribution < 1.29 is 9.53 Å². The van der Waals surface area contributed by atoms with Crippen molar-refractivity contribution in [2.75, 3.05) is 6.61 Å². The second-order valence-corrected chi connectivity index (χ2v) is 5.67. The molecule has 2 rings (SSSR count). The molecule has 6 heteroatoms. The van der Waals surface area contributed by atoms with Gasteiger partial charge in [0.15, 0.2) is 0 Å². The zero-order chi connectivity index (χ0) is 14.0.